The van der Waals surface area contributed by atoms with Crippen LogP contribution in [0.2, 0.25) is 0 Å². The van der Waals surface area contributed by atoms with Gasteiger partial charge in [0.15, 0.2) is 0 Å². The maximum absolute atomic E-state index is 11.2. The second kappa shape index (κ2) is 6.25. The molecular weight excluding hydrogens is 278 g/mol. The van der Waals surface area contributed by atoms with E-state index < -0.39 is 4.92 Å². The SMILES string of the molecule is CNc1nc(C)c([N+](=O)[O-])c(NC2CCC(SC)C2)n1. The fourth-order valence-corrected chi connectivity index (χ4v) is 3.27. The van der Waals surface area contributed by atoms with Crippen LogP contribution in [0, 0.1) is 17.0 Å². The summed E-state index contributed by atoms with van der Waals surface area (Å²) in [7, 11) is 1.70. The Morgan fingerprint density at radius 2 is 2.15 bits per heavy atom. The molecule has 1 heterocycles. The molecule has 1 saturated carbocycles. The van der Waals surface area contributed by atoms with Gasteiger partial charge in [-0.15, -0.1) is 0 Å². The molecule has 1 aliphatic rings. The maximum Gasteiger partial charge on any atom is 0.332 e. The summed E-state index contributed by atoms with van der Waals surface area (Å²) in [5, 5.41) is 17.9. The third-order valence-corrected chi connectivity index (χ3v) is 4.62. The highest BCUT2D eigenvalue weighted by molar-refractivity contribution is 7.99. The zero-order valence-electron chi connectivity index (χ0n) is 11.8. The highest BCUT2D eigenvalue weighted by atomic mass is 32.2. The van der Waals surface area contributed by atoms with Gasteiger partial charge < -0.3 is 10.6 Å². The van der Waals surface area contributed by atoms with E-state index in [-0.39, 0.29) is 11.7 Å². The Morgan fingerprint density at radius 3 is 2.70 bits per heavy atom. The minimum absolute atomic E-state index is 0.0309. The van der Waals surface area contributed by atoms with E-state index in [9.17, 15) is 10.1 Å². The van der Waals surface area contributed by atoms with E-state index in [0.29, 0.717) is 22.7 Å². The van der Waals surface area contributed by atoms with Crippen molar-refractivity contribution in [1.29, 1.82) is 0 Å². The second-order valence-electron chi connectivity index (χ2n) is 4.85. The van der Waals surface area contributed by atoms with Crippen LogP contribution in [-0.2, 0) is 0 Å². The molecular formula is C12H19N5O2S. The number of thioether (sulfide) groups is 1. The van der Waals surface area contributed by atoms with Gasteiger partial charge in [0, 0.05) is 18.3 Å². The van der Waals surface area contributed by atoms with E-state index in [1.807, 2.05) is 11.8 Å². The van der Waals surface area contributed by atoms with Crippen molar-refractivity contribution in [2.24, 2.45) is 0 Å². The molecule has 2 rings (SSSR count). The summed E-state index contributed by atoms with van der Waals surface area (Å²) >= 11 is 1.85. The first-order valence-electron chi connectivity index (χ1n) is 6.55. The molecule has 2 atom stereocenters. The van der Waals surface area contributed by atoms with Crippen LogP contribution in [0.5, 0.6) is 0 Å². The highest BCUT2D eigenvalue weighted by Crippen LogP contribution is 2.33. The lowest BCUT2D eigenvalue weighted by Gasteiger charge is -2.14. The quantitative estimate of drug-likeness (QED) is 0.636. The summed E-state index contributed by atoms with van der Waals surface area (Å²) in [5.41, 5.74) is 0.341. The van der Waals surface area contributed by atoms with Crippen LogP contribution in [0.3, 0.4) is 0 Å². The molecule has 0 aliphatic heterocycles. The van der Waals surface area contributed by atoms with Crippen molar-refractivity contribution in [2.45, 2.75) is 37.5 Å². The third kappa shape index (κ3) is 3.12. The normalized spacial score (nSPS) is 21.8. The van der Waals surface area contributed by atoms with Gasteiger partial charge in [0.25, 0.3) is 0 Å². The van der Waals surface area contributed by atoms with Gasteiger partial charge in [-0.05, 0) is 32.4 Å². The zero-order chi connectivity index (χ0) is 14.7. The molecule has 2 N–H and O–H groups in total. The van der Waals surface area contributed by atoms with Crippen LogP contribution in [0.1, 0.15) is 25.0 Å². The summed E-state index contributed by atoms with van der Waals surface area (Å²) in [6, 6.07) is 0.241. The molecule has 0 bridgehead atoms. The highest BCUT2D eigenvalue weighted by Gasteiger charge is 2.28. The minimum Gasteiger partial charge on any atom is -0.361 e. The van der Waals surface area contributed by atoms with Gasteiger partial charge >= 0.3 is 5.69 Å². The van der Waals surface area contributed by atoms with Crippen LogP contribution in [0.4, 0.5) is 17.5 Å². The van der Waals surface area contributed by atoms with E-state index >= 15 is 0 Å². The van der Waals surface area contributed by atoms with Crippen molar-refractivity contribution >= 4 is 29.2 Å². The molecule has 8 heteroatoms. The lowest BCUT2D eigenvalue weighted by atomic mass is 10.2. The number of nitrogens with zero attached hydrogens (tertiary/aromatic N) is 3. The van der Waals surface area contributed by atoms with Crippen molar-refractivity contribution in [3.05, 3.63) is 15.8 Å². The van der Waals surface area contributed by atoms with Crippen LogP contribution < -0.4 is 10.6 Å². The van der Waals surface area contributed by atoms with Crippen molar-refractivity contribution in [2.75, 3.05) is 23.9 Å². The first-order valence-corrected chi connectivity index (χ1v) is 7.84. The van der Waals surface area contributed by atoms with E-state index in [4.69, 9.17) is 0 Å². The van der Waals surface area contributed by atoms with Crippen molar-refractivity contribution in [3.8, 4) is 0 Å². The Labute approximate surface area is 122 Å². The van der Waals surface area contributed by atoms with Gasteiger partial charge in [-0.25, -0.2) is 4.98 Å². The minimum atomic E-state index is -0.419. The van der Waals surface area contributed by atoms with Crippen LogP contribution in [0.15, 0.2) is 0 Å². The number of aryl methyl sites for hydroxylation is 1. The Hall–Kier alpha value is -1.57. The predicted molar refractivity (Wildman–Crippen MR) is 81.5 cm³/mol. The maximum atomic E-state index is 11.2. The standard InChI is InChI=1S/C12H19N5O2S/c1-7-10(17(18)19)11(16-12(13-2)14-7)15-8-4-5-9(6-8)20-3/h8-9H,4-6H2,1-3H3,(H2,13,14,15,16). The summed E-state index contributed by atoms with van der Waals surface area (Å²) in [6.45, 7) is 1.63. The van der Waals surface area contributed by atoms with Gasteiger partial charge in [-0.3, -0.25) is 10.1 Å². The fraction of sp³-hybridized carbons (Fsp3) is 0.667. The lowest BCUT2D eigenvalue weighted by molar-refractivity contribution is -0.385. The monoisotopic (exact) mass is 297 g/mol. The number of hydrogen-bond acceptors (Lipinski definition) is 7. The van der Waals surface area contributed by atoms with Gasteiger partial charge in [-0.2, -0.15) is 16.7 Å². The Morgan fingerprint density at radius 1 is 1.40 bits per heavy atom. The summed E-state index contributed by atoms with van der Waals surface area (Å²) in [6.07, 6.45) is 5.26. The molecule has 7 nitrogen and oxygen atoms in total. The summed E-state index contributed by atoms with van der Waals surface area (Å²) < 4.78 is 0. The van der Waals surface area contributed by atoms with E-state index in [0.717, 1.165) is 19.3 Å². The predicted octanol–water partition coefficient (Wildman–Crippen LogP) is 2.43. The number of aromatic nitrogens is 2. The van der Waals surface area contributed by atoms with Crippen molar-refractivity contribution < 1.29 is 4.92 Å². The van der Waals surface area contributed by atoms with Gasteiger partial charge in [0.2, 0.25) is 11.8 Å². The first-order chi connectivity index (χ1) is 9.55. The van der Waals surface area contributed by atoms with Gasteiger partial charge in [0.05, 0.1) is 4.92 Å². The smallest absolute Gasteiger partial charge is 0.332 e. The Kier molecular flexibility index (Phi) is 4.64. The molecule has 110 valence electrons. The number of hydrogen-bond donors (Lipinski definition) is 2. The van der Waals surface area contributed by atoms with Gasteiger partial charge in [0.1, 0.15) is 5.69 Å². The van der Waals surface area contributed by atoms with Crippen LogP contribution >= 0.6 is 11.8 Å². The Balaban J connectivity index is 2.25. The van der Waals surface area contributed by atoms with Crippen molar-refractivity contribution in [3.63, 3.8) is 0 Å². The fourth-order valence-electron chi connectivity index (χ4n) is 2.48. The average Bonchev–Trinajstić information content (AvgIpc) is 2.85. The van der Waals surface area contributed by atoms with E-state index in [1.165, 1.54) is 0 Å². The molecule has 0 amide bonds. The number of rotatable bonds is 5. The lowest BCUT2D eigenvalue weighted by Crippen LogP contribution is -2.19. The molecule has 1 aliphatic carbocycles. The topological polar surface area (TPSA) is 93.0 Å². The second-order valence-corrected chi connectivity index (χ2v) is 5.99. The number of nitrogens with one attached hydrogen (secondary N) is 2. The zero-order valence-corrected chi connectivity index (χ0v) is 12.7. The molecule has 2 unspecified atom stereocenters. The molecule has 0 spiro atoms. The molecule has 0 radical (unpaired) electrons. The van der Waals surface area contributed by atoms with E-state index in [1.54, 1.807) is 14.0 Å². The number of nitro groups is 1. The molecule has 20 heavy (non-hydrogen) atoms. The average molecular weight is 297 g/mol. The molecule has 1 fully saturated rings. The molecule has 0 saturated heterocycles. The van der Waals surface area contributed by atoms with Crippen LogP contribution in [-0.4, -0.2) is 39.5 Å². The summed E-state index contributed by atoms with van der Waals surface area (Å²) in [4.78, 5) is 19.1. The third-order valence-electron chi connectivity index (χ3n) is 3.52. The summed E-state index contributed by atoms with van der Waals surface area (Å²) in [5.74, 6) is 0.716. The van der Waals surface area contributed by atoms with E-state index in [2.05, 4.69) is 26.9 Å². The van der Waals surface area contributed by atoms with Crippen LogP contribution in [0.25, 0.3) is 0 Å². The number of anilines is 2. The molecule has 1 aromatic rings. The van der Waals surface area contributed by atoms with Gasteiger partial charge in [-0.1, -0.05) is 0 Å². The van der Waals surface area contributed by atoms with Crippen molar-refractivity contribution in [1.82, 2.24) is 9.97 Å². The largest absolute Gasteiger partial charge is 0.361 e. The Bertz CT molecular complexity index is 511. The molecule has 0 aromatic carbocycles. The first kappa shape index (κ1) is 14.8. The molecule has 1 aromatic heterocycles.